The third-order valence-electron chi connectivity index (χ3n) is 3.96. The highest BCUT2D eigenvalue weighted by Crippen LogP contribution is 2.40. The Balaban J connectivity index is 1.68. The lowest BCUT2D eigenvalue weighted by Crippen LogP contribution is -1.93. The second kappa shape index (κ2) is 6.83. The number of nitrogens with zero attached hydrogens (tertiary/aromatic N) is 2. The summed E-state index contributed by atoms with van der Waals surface area (Å²) in [5, 5.41) is 12.7. The molecule has 0 atom stereocenters. The van der Waals surface area contributed by atoms with E-state index in [2.05, 4.69) is 11.1 Å². The molecule has 1 aliphatic heterocycles. The van der Waals surface area contributed by atoms with E-state index in [-0.39, 0.29) is 6.79 Å². The molecule has 0 radical (unpaired) electrons. The molecule has 128 valence electrons. The van der Waals surface area contributed by atoms with Crippen molar-refractivity contribution in [2.45, 2.75) is 6.92 Å². The Morgan fingerprint density at radius 1 is 1.27 bits per heavy atom. The van der Waals surface area contributed by atoms with Gasteiger partial charge >= 0.3 is 0 Å². The van der Waals surface area contributed by atoms with Crippen LogP contribution in [0.1, 0.15) is 16.1 Å². The molecule has 0 fully saturated rings. The fraction of sp³-hybridized carbons (Fsp3) is 0.100. The summed E-state index contributed by atoms with van der Waals surface area (Å²) in [6, 6.07) is 13.9. The van der Waals surface area contributed by atoms with Crippen molar-refractivity contribution in [1.82, 2.24) is 4.98 Å². The van der Waals surface area contributed by atoms with Gasteiger partial charge in [0, 0.05) is 10.9 Å². The lowest BCUT2D eigenvalue weighted by molar-refractivity contribution is 0.174. The maximum atomic E-state index is 9.58. The van der Waals surface area contributed by atoms with Gasteiger partial charge in [-0.25, -0.2) is 4.98 Å². The number of rotatable bonds is 3. The van der Waals surface area contributed by atoms with Crippen LogP contribution in [0.25, 0.3) is 22.9 Å². The van der Waals surface area contributed by atoms with E-state index in [1.165, 1.54) is 16.9 Å². The second-order valence-electron chi connectivity index (χ2n) is 5.81. The topological polar surface area (TPSA) is 55.1 Å². The molecule has 2 heterocycles. The summed E-state index contributed by atoms with van der Waals surface area (Å²) in [4.78, 5) is 4.61. The Kier molecular flexibility index (Phi) is 4.37. The van der Waals surface area contributed by atoms with Crippen LogP contribution in [0.5, 0.6) is 11.5 Å². The van der Waals surface area contributed by atoms with Gasteiger partial charge in [-0.15, -0.1) is 11.3 Å². The van der Waals surface area contributed by atoms with Crippen molar-refractivity contribution in [3.63, 3.8) is 0 Å². The number of hydrogen-bond acceptors (Lipinski definition) is 5. The van der Waals surface area contributed by atoms with Gasteiger partial charge in [0.2, 0.25) is 6.79 Å². The van der Waals surface area contributed by atoms with Crippen molar-refractivity contribution in [2.75, 3.05) is 6.79 Å². The van der Waals surface area contributed by atoms with Crippen LogP contribution in [0.15, 0.2) is 41.8 Å². The lowest BCUT2D eigenvalue weighted by Gasteiger charge is -2.02. The smallest absolute Gasteiger partial charge is 0.231 e. The fourth-order valence-electron chi connectivity index (χ4n) is 2.63. The van der Waals surface area contributed by atoms with Crippen molar-refractivity contribution in [3.05, 3.63) is 62.9 Å². The van der Waals surface area contributed by atoms with Crippen molar-refractivity contribution < 1.29 is 9.47 Å². The second-order valence-corrected chi connectivity index (χ2v) is 7.08. The normalized spacial score (nSPS) is 12.9. The van der Waals surface area contributed by atoms with Crippen molar-refractivity contribution in [3.8, 4) is 28.8 Å². The molecule has 4 rings (SSSR count). The molecular weight excluding hydrogens is 368 g/mol. The van der Waals surface area contributed by atoms with Crippen LogP contribution in [-0.4, -0.2) is 11.8 Å². The van der Waals surface area contributed by atoms with Crippen LogP contribution in [0.4, 0.5) is 0 Å². The number of benzene rings is 2. The molecule has 0 N–H and O–H groups in total. The van der Waals surface area contributed by atoms with E-state index in [1.54, 1.807) is 18.2 Å². The minimum absolute atomic E-state index is 0.152. The number of halogens is 1. The average molecular weight is 381 g/mol. The van der Waals surface area contributed by atoms with E-state index in [1.807, 2.05) is 36.6 Å². The highest BCUT2D eigenvalue weighted by Gasteiger charge is 2.18. The fourth-order valence-corrected chi connectivity index (χ4v) is 3.70. The van der Waals surface area contributed by atoms with Crippen molar-refractivity contribution in [1.29, 1.82) is 5.26 Å². The number of allylic oxidation sites excluding steroid dienone is 1. The Labute approximate surface area is 159 Å². The van der Waals surface area contributed by atoms with Gasteiger partial charge in [0.05, 0.1) is 16.3 Å². The molecule has 0 bridgehead atoms. The quantitative estimate of drug-likeness (QED) is 0.558. The van der Waals surface area contributed by atoms with Crippen molar-refractivity contribution >= 4 is 34.6 Å². The summed E-state index contributed by atoms with van der Waals surface area (Å²) in [6.45, 7) is 2.20. The number of aryl methyl sites for hydroxylation is 1. The summed E-state index contributed by atoms with van der Waals surface area (Å²) in [7, 11) is 0. The molecular formula is C20H13ClN2O2S. The molecule has 0 amide bonds. The largest absolute Gasteiger partial charge is 0.454 e. The summed E-state index contributed by atoms with van der Waals surface area (Å²) in [5.74, 6) is 1.12. The Bertz CT molecular complexity index is 1050. The maximum Gasteiger partial charge on any atom is 0.231 e. The molecule has 26 heavy (non-hydrogen) atoms. The van der Waals surface area contributed by atoms with Gasteiger partial charge in [-0.05, 0) is 30.7 Å². The first-order valence-electron chi connectivity index (χ1n) is 7.88. The zero-order chi connectivity index (χ0) is 18.1. The van der Waals surface area contributed by atoms with E-state index in [0.29, 0.717) is 27.1 Å². The predicted octanol–water partition coefficient (Wildman–Crippen LogP) is 5.56. The number of fused-ring (bicyclic) bond motifs is 1. The van der Waals surface area contributed by atoms with Gasteiger partial charge in [0.15, 0.2) is 11.5 Å². The first-order chi connectivity index (χ1) is 12.6. The van der Waals surface area contributed by atoms with Crippen LogP contribution in [0.3, 0.4) is 0 Å². The summed E-state index contributed by atoms with van der Waals surface area (Å²) >= 11 is 7.65. The van der Waals surface area contributed by atoms with Crippen LogP contribution in [0, 0.1) is 18.3 Å². The molecule has 0 unspecified atom stereocenters. The van der Waals surface area contributed by atoms with Gasteiger partial charge in [0.1, 0.15) is 11.1 Å². The number of nitriles is 1. The van der Waals surface area contributed by atoms with Gasteiger partial charge < -0.3 is 9.47 Å². The van der Waals surface area contributed by atoms with E-state index in [9.17, 15) is 5.26 Å². The molecule has 0 spiro atoms. The highest BCUT2D eigenvalue weighted by molar-refractivity contribution is 7.11. The molecule has 0 saturated heterocycles. The monoisotopic (exact) mass is 380 g/mol. The summed E-state index contributed by atoms with van der Waals surface area (Å²) < 4.78 is 10.7. The predicted molar refractivity (Wildman–Crippen MR) is 103 cm³/mol. The van der Waals surface area contributed by atoms with Crippen LogP contribution >= 0.6 is 22.9 Å². The molecule has 1 aromatic heterocycles. The molecule has 6 heteroatoms. The zero-order valence-electron chi connectivity index (χ0n) is 13.8. The molecule has 1 aliphatic rings. The standard InChI is InChI=1S/C20H13ClN2O2S/c1-12-2-4-14(5-3-12)17-10-26-20(23-17)15(9-22)6-13-7-16(21)19-18(8-13)24-11-25-19/h2-8,10H,11H2,1H3/b15-6+. The van der Waals surface area contributed by atoms with Gasteiger partial charge in [-0.1, -0.05) is 41.4 Å². The van der Waals surface area contributed by atoms with Crippen LogP contribution < -0.4 is 9.47 Å². The average Bonchev–Trinajstić information content (AvgIpc) is 3.30. The Hall–Kier alpha value is -2.81. The minimum atomic E-state index is 0.152. The van der Waals surface area contributed by atoms with Gasteiger partial charge in [-0.3, -0.25) is 0 Å². The third-order valence-corrected chi connectivity index (χ3v) is 5.12. The molecule has 3 aromatic rings. The third kappa shape index (κ3) is 3.17. The SMILES string of the molecule is Cc1ccc(-c2csc(/C(C#N)=C/c3cc(Cl)c4c(c3)OCO4)n2)cc1. The highest BCUT2D eigenvalue weighted by atomic mass is 35.5. The number of ether oxygens (including phenoxy) is 2. The van der Waals surface area contributed by atoms with Gasteiger partial charge in [0.25, 0.3) is 0 Å². The maximum absolute atomic E-state index is 9.58. The minimum Gasteiger partial charge on any atom is -0.454 e. The number of thiazole rings is 1. The van der Waals surface area contributed by atoms with Crippen LogP contribution in [-0.2, 0) is 0 Å². The first kappa shape index (κ1) is 16.6. The van der Waals surface area contributed by atoms with E-state index in [0.717, 1.165) is 16.8 Å². The Morgan fingerprint density at radius 2 is 2.08 bits per heavy atom. The summed E-state index contributed by atoms with van der Waals surface area (Å²) in [5.41, 5.74) is 4.32. The van der Waals surface area contributed by atoms with E-state index in [4.69, 9.17) is 21.1 Å². The zero-order valence-corrected chi connectivity index (χ0v) is 15.4. The number of aromatic nitrogens is 1. The van der Waals surface area contributed by atoms with Crippen molar-refractivity contribution in [2.24, 2.45) is 0 Å². The van der Waals surface area contributed by atoms with Gasteiger partial charge in [-0.2, -0.15) is 5.26 Å². The Morgan fingerprint density at radius 3 is 2.85 bits per heavy atom. The molecule has 4 nitrogen and oxygen atoms in total. The van der Waals surface area contributed by atoms with E-state index < -0.39 is 0 Å². The molecule has 0 aliphatic carbocycles. The van der Waals surface area contributed by atoms with E-state index >= 15 is 0 Å². The number of hydrogen-bond donors (Lipinski definition) is 0. The first-order valence-corrected chi connectivity index (χ1v) is 9.13. The molecule has 2 aromatic carbocycles. The summed E-state index contributed by atoms with van der Waals surface area (Å²) in [6.07, 6.45) is 1.76. The molecule has 0 saturated carbocycles. The van der Waals surface area contributed by atoms with Crippen LogP contribution in [0.2, 0.25) is 5.02 Å². The lowest BCUT2D eigenvalue weighted by atomic mass is 10.1.